The van der Waals surface area contributed by atoms with E-state index < -0.39 is 39.4 Å². The largest absolute Gasteiger partial charge is 0.319 e. The first-order valence-corrected chi connectivity index (χ1v) is 12.6. The maximum Gasteiger partial charge on any atom is 0.248 e. The van der Waals surface area contributed by atoms with Crippen LogP contribution in [0.25, 0.3) is 0 Å². The molecule has 6 nitrogen and oxygen atoms in total. The molecule has 0 saturated heterocycles. The quantitative estimate of drug-likeness (QED) is 0.631. The first-order valence-electron chi connectivity index (χ1n) is 10.5. The highest BCUT2D eigenvalue weighted by Crippen LogP contribution is 2.41. The molecule has 1 amide bonds. The summed E-state index contributed by atoms with van der Waals surface area (Å²) in [4.78, 5) is 27.1. The van der Waals surface area contributed by atoms with Gasteiger partial charge in [0.05, 0.1) is 28.9 Å². The van der Waals surface area contributed by atoms with Gasteiger partial charge in [-0.15, -0.1) is 0 Å². The number of benzene rings is 2. The van der Waals surface area contributed by atoms with Crippen LogP contribution in [0.2, 0.25) is 5.02 Å². The molecule has 33 heavy (non-hydrogen) atoms. The minimum Gasteiger partial charge on any atom is -0.319 e. The standard InChI is InChI=1S/C23H23ClF2N2O4S/c24-17-4-1-14(2-5-17)12-28-19-10-16(20(29)9-15-7-8-23(25,26)11-15)3-6-21(19)33(31,32)13-18(27)22(28)30/h1-6,10,15,18H,7-9,11-13,27H2/t15-,18-/m0/s1. The molecular formula is C23H23ClF2N2O4S. The Morgan fingerprint density at radius 2 is 1.88 bits per heavy atom. The Morgan fingerprint density at radius 1 is 1.18 bits per heavy atom. The van der Waals surface area contributed by atoms with Gasteiger partial charge in [-0.05, 0) is 48.2 Å². The van der Waals surface area contributed by atoms with Crippen molar-refractivity contribution in [3.05, 3.63) is 58.6 Å². The van der Waals surface area contributed by atoms with Gasteiger partial charge in [-0.2, -0.15) is 0 Å². The van der Waals surface area contributed by atoms with Crippen molar-refractivity contribution < 1.29 is 26.8 Å². The van der Waals surface area contributed by atoms with Crippen molar-refractivity contribution >= 4 is 38.8 Å². The number of hydrogen-bond acceptors (Lipinski definition) is 5. The summed E-state index contributed by atoms with van der Waals surface area (Å²) in [6.45, 7) is 0.0265. The Bertz CT molecular complexity index is 1200. The summed E-state index contributed by atoms with van der Waals surface area (Å²) in [6.07, 6.45) is -0.386. The Kier molecular flexibility index (Phi) is 6.32. The van der Waals surface area contributed by atoms with Crippen molar-refractivity contribution in [1.82, 2.24) is 0 Å². The Balaban J connectivity index is 1.71. The van der Waals surface area contributed by atoms with Crippen molar-refractivity contribution in [2.75, 3.05) is 10.7 Å². The summed E-state index contributed by atoms with van der Waals surface area (Å²) in [6, 6.07) is 9.45. The second-order valence-electron chi connectivity index (χ2n) is 8.71. The van der Waals surface area contributed by atoms with E-state index in [9.17, 15) is 26.8 Å². The molecule has 1 aliphatic carbocycles. The fourth-order valence-corrected chi connectivity index (χ4v) is 6.10. The molecule has 1 fully saturated rings. The molecule has 0 bridgehead atoms. The van der Waals surface area contributed by atoms with E-state index in [1.165, 1.54) is 23.1 Å². The maximum absolute atomic E-state index is 13.5. The third-order valence-corrected chi connectivity index (χ3v) is 8.19. The van der Waals surface area contributed by atoms with E-state index in [1.54, 1.807) is 24.3 Å². The number of ketones is 1. The van der Waals surface area contributed by atoms with Gasteiger partial charge in [0.2, 0.25) is 11.8 Å². The average molecular weight is 497 g/mol. The number of alkyl halides is 2. The van der Waals surface area contributed by atoms with Crippen molar-refractivity contribution in [2.45, 2.75) is 49.1 Å². The van der Waals surface area contributed by atoms with Crippen LogP contribution in [0.1, 0.15) is 41.6 Å². The molecule has 2 aromatic rings. The van der Waals surface area contributed by atoms with Gasteiger partial charge in [-0.3, -0.25) is 9.59 Å². The van der Waals surface area contributed by atoms with Crippen LogP contribution in [0.3, 0.4) is 0 Å². The lowest BCUT2D eigenvalue weighted by Gasteiger charge is -2.24. The minimum atomic E-state index is -3.89. The first kappa shape index (κ1) is 23.8. The van der Waals surface area contributed by atoms with Crippen molar-refractivity contribution in [3.63, 3.8) is 0 Å². The van der Waals surface area contributed by atoms with Crippen molar-refractivity contribution in [3.8, 4) is 0 Å². The molecule has 0 spiro atoms. The molecule has 2 aliphatic rings. The molecule has 0 radical (unpaired) electrons. The highest BCUT2D eigenvalue weighted by atomic mass is 35.5. The van der Waals surface area contributed by atoms with E-state index in [0.717, 1.165) is 0 Å². The van der Waals surface area contributed by atoms with Crippen LogP contribution in [0.5, 0.6) is 0 Å². The number of anilines is 1. The highest BCUT2D eigenvalue weighted by molar-refractivity contribution is 7.91. The van der Waals surface area contributed by atoms with Crippen LogP contribution in [0, 0.1) is 5.92 Å². The number of nitrogens with two attached hydrogens (primary N) is 1. The number of sulfone groups is 1. The van der Waals surface area contributed by atoms with Crippen molar-refractivity contribution in [1.29, 1.82) is 0 Å². The average Bonchev–Trinajstić information content (AvgIpc) is 3.07. The summed E-state index contributed by atoms with van der Waals surface area (Å²) >= 11 is 5.93. The molecule has 176 valence electrons. The Morgan fingerprint density at radius 3 is 2.52 bits per heavy atom. The summed E-state index contributed by atoms with van der Waals surface area (Å²) in [5.41, 5.74) is 6.82. The fourth-order valence-electron chi connectivity index (χ4n) is 4.41. The predicted octanol–water partition coefficient (Wildman–Crippen LogP) is 4.00. The lowest BCUT2D eigenvalue weighted by Crippen LogP contribution is -2.45. The molecule has 1 aliphatic heterocycles. The smallest absolute Gasteiger partial charge is 0.248 e. The molecule has 10 heteroatoms. The zero-order valence-corrected chi connectivity index (χ0v) is 19.2. The summed E-state index contributed by atoms with van der Waals surface area (Å²) < 4.78 is 52.8. The third kappa shape index (κ3) is 5.10. The molecule has 2 aromatic carbocycles. The predicted molar refractivity (Wildman–Crippen MR) is 120 cm³/mol. The summed E-state index contributed by atoms with van der Waals surface area (Å²) in [5.74, 6) is -4.71. The van der Waals surface area contributed by atoms with Crippen LogP contribution in [0.4, 0.5) is 14.5 Å². The normalized spacial score (nSPS) is 23.8. The Hall–Kier alpha value is -2.36. The monoisotopic (exact) mass is 496 g/mol. The first-order chi connectivity index (χ1) is 15.4. The zero-order chi connectivity index (χ0) is 24.0. The van der Waals surface area contributed by atoms with Gasteiger partial charge < -0.3 is 10.6 Å². The van der Waals surface area contributed by atoms with Gasteiger partial charge in [-0.1, -0.05) is 23.7 Å². The van der Waals surface area contributed by atoms with Gasteiger partial charge in [0.15, 0.2) is 15.6 Å². The van der Waals surface area contributed by atoms with E-state index >= 15 is 0 Å². The van der Waals surface area contributed by atoms with Gasteiger partial charge >= 0.3 is 0 Å². The highest BCUT2D eigenvalue weighted by Gasteiger charge is 2.40. The van der Waals surface area contributed by atoms with Gasteiger partial charge in [0, 0.05) is 29.8 Å². The maximum atomic E-state index is 13.5. The minimum absolute atomic E-state index is 0.0265. The molecule has 2 atom stereocenters. The second-order valence-corrected chi connectivity index (χ2v) is 11.2. The third-order valence-electron chi connectivity index (χ3n) is 6.12. The number of fused-ring (bicyclic) bond motifs is 1. The number of halogens is 3. The van der Waals surface area contributed by atoms with Crippen LogP contribution < -0.4 is 10.6 Å². The number of Topliss-reactive ketones (excluding diaryl/α,β-unsaturated/α-hetero) is 1. The zero-order valence-electron chi connectivity index (χ0n) is 17.6. The number of nitrogens with zero attached hydrogens (tertiary/aromatic N) is 1. The van der Waals surface area contributed by atoms with Crippen LogP contribution in [0.15, 0.2) is 47.4 Å². The SMILES string of the molecule is N[C@H]1CS(=O)(=O)c2ccc(C(=O)C[C@@H]3CCC(F)(F)C3)cc2N(Cc2ccc(Cl)cc2)C1=O. The number of hydrogen-bond donors (Lipinski definition) is 1. The molecule has 1 heterocycles. The van der Waals surface area contributed by atoms with E-state index in [-0.39, 0.29) is 54.2 Å². The summed E-state index contributed by atoms with van der Waals surface area (Å²) in [5, 5.41) is 0.506. The lowest BCUT2D eigenvalue weighted by molar-refractivity contribution is -0.119. The fraction of sp³-hybridized carbons (Fsp3) is 0.391. The van der Waals surface area contributed by atoms with Gasteiger partial charge in [0.25, 0.3) is 0 Å². The number of carbonyl (C=O) groups is 2. The van der Waals surface area contributed by atoms with Crippen LogP contribution >= 0.6 is 11.6 Å². The lowest BCUT2D eigenvalue weighted by atomic mass is 9.96. The number of rotatable bonds is 5. The number of amides is 1. The van der Waals surface area contributed by atoms with E-state index in [1.807, 2.05) is 0 Å². The summed E-state index contributed by atoms with van der Waals surface area (Å²) in [7, 11) is -3.89. The van der Waals surface area contributed by atoms with Gasteiger partial charge in [0.1, 0.15) is 0 Å². The molecule has 1 saturated carbocycles. The van der Waals surface area contributed by atoms with Crippen LogP contribution in [-0.2, 0) is 21.2 Å². The topological polar surface area (TPSA) is 97.5 Å². The molecule has 0 aromatic heterocycles. The number of carbonyl (C=O) groups excluding carboxylic acids is 2. The molecule has 0 unspecified atom stereocenters. The van der Waals surface area contributed by atoms with Crippen molar-refractivity contribution in [2.24, 2.45) is 11.7 Å². The Labute approximate surface area is 195 Å². The van der Waals surface area contributed by atoms with E-state index in [4.69, 9.17) is 17.3 Å². The van der Waals surface area contributed by atoms with Gasteiger partial charge in [-0.25, -0.2) is 17.2 Å². The van der Waals surface area contributed by atoms with E-state index in [2.05, 4.69) is 0 Å². The molecular weight excluding hydrogens is 474 g/mol. The second kappa shape index (κ2) is 8.77. The molecule has 2 N–H and O–H groups in total. The van der Waals surface area contributed by atoms with Crippen LogP contribution in [-0.4, -0.2) is 37.8 Å². The van der Waals surface area contributed by atoms with E-state index in [0.29, 0.717) is 10.6 Å². The molecule has 4 rings (SSSR count).